The van der Waals surface area contributed by atoms with Crippen molar-refractivity contribution in [3.8, 4) is 0 Å². The van der Waals surface area contributed by atoms with Crippen LogP contribution in [0, 0.1) is 11.7 Å². The molecule has 0 atom stereocenters. The molecule has 0 N–H and O–H groups in total. The van der Waals surface area contributed by atoms with Gasteiger partial charge in [-0.2, -0.15) is 0 Å². The van der Waals surface area contributed by atoms with Crippen LogP contribution in [-0.2, 0) is 4.79 Å². The van der Waals surface area contributed by atoms with Gasteiger partial charge in [0.15, 0.2) is 0 Å². The highest BCUT2D eigenvalue weighted by molar-refractivity contribution is 6.33. The third-order valence-electron chi connectivity index (χ3n) is 5.21. The van der Waals surface area contributed by atoms with Crippen molar-refractivity contribution in [2.75, 3.05) is 26.2 Å². The zero-order valence-corrected chi connectivity index (χ0v) is 15.1. The molecule has 0 radical (unpaired) electrons. The summed E-state index contributed by atoms with van der Waals surface area (Å²) in [5.41, 5.74) is 0.320. The summed E-state index contributed by atoms with van der Waals surface area (Å²) in [5, 5.41) is 0.132. The second-order valence-electron chi connectivity index (χ2n) is 6.93. The van der Waals surface area contributed by atoms with Gasteiger partial charge in [-0.1, -0.05) is 24.4 Å². The van der Waals surface area contributed by atoms with Gasteiger partial charge in [0.2, 0.25) is 5.91 Å². The standard InChI is InChI=1S/C19H24ClFN2O2/c20-17-13-15(21)5-6-16(17)19(25)23-11-7-14(8-12-23)18(24)22-9-3-1-2-4-10-22/h5-6,13-14H,1-4,7-12H2. The van der Waals surface area contributed by atoms with E-state index < -0.39 is 5.82 Å². The Bertz CT molecular complexity index is 636. The fraction of sp³-hybridized carbons (Fsp3) is 0.579. The summed E-state index contributed by atoms with van der Waals surface area (Å²) in [5.74, 6) is -0.395. The van der Waals surface area contributed by atoms with Crippen LogP contribution in [-0.4, -0.2) is 47.8 Å². The summed E-state index contributed by atoms with van der Waals surface area (Å²) in [4.78, 5) is 29.0. The molecule has 6 heteroatoms. The molecule has 2 aliphatic rings. The summed E-state index contributed by atoms with van der Waals surface area (Å²) < 4.78 is 13.1. The van der Waals surface area contributed by atoms with Crippen molar-refractivity contribution in [2.24, 2.45) is 5.92 Å². The van der Waals surface area contributed by atoms with Gasteiger partial charge >= 0.3 is 0 Å². The molecule has 136 valence electrons. The van der Waals surface area contributed by atoms with Gasteiger partial charge in [0.1, 0.15) is 5.82 Å². The predicted octanol–water partition coefficient (Wildman–Crippen LogP) is 3.73. The van der Waals surface area contributed by atoms with E-state index in [1.807, 2.05) is 4.90 Å². The van der Waals surface area contributed by atoms with Crippen molar-refractivity contribution >= 4 is 23.4 Å². The molecule has 0 saturated carbocycles. The number of rotatable bonds is 2. The van der Waals surface area contributed by atoms with E-state index >= 15 is 0 Å². The van der Waals surface area contributed by atoms with Crippen LogP contribution in [0.25, 0.3) is 0 Å². The maximum absolute atomic E-state index is 13.1. The topological polar surface area (TPSA) is 40.6 Å². The number of carbonyl (C=O) groups is 2. The fourth-order valence-electron chi connectivity index (χ4n) is 3.71. The zero-order chi connectivity index (χ0) is 17.8. The highest BCUT2D eigenvalue weighted by Gasteiger charge is 2.31. The second-order valence-corrected chi connectivity index (χ2v) is 7.34. The Labute approximate surface area is 152 Å². The minimum absolute atomic E-state index is 0.00541. The van der Waals surface area contributed by atoms with Crippen molar-refractivity contribution in [2.45, 2.75) is 38.5 Å². The number of halogens is 2. The first-order valence-electron chi connectivity index (χ1n) is 9.09. The molecule has 25 heavy (non-hydrogen) atoms. The van der Waals surface area contributed by atoms with Crippen LogP contribution in [0.1, 0.15) is 48.9 Å². The largest absolute Gasteiger partial charge is 0.342 e. The van der Waals surface area contributed by atoms with Gasteiger partial charge < -0.3 is 9.80 Å². The Hall–Kier alpha value is -1.62. The third-order valence-corrected chi connectivity index (χ3v) is 5.52. The summed E-state index contributed by atoms with van der Waals surface area (Å²) in [6.45, 7) is 2.81. The number of amides is 2. The second kappa shape index (κ2) is 8.17. The van der Waals surface area contributed by atoms with Crippen LogP contribution in [0.15, 0.2) is 18.2 Å². The van der Waals surface area contributed by atoms with E-state index in [0.29, 0.717) is 31.5 Å². The van der Waals surface area contributed by atoms with Crippen molar-refractivity contribution in [3.63, 3.8) is 0 Å². The molecule has 2 aliphatic heterocycles. The lowest BCUT2D eigenvalue weighted by Crippen LogP contribution is -2.44. The first-order valence-corrected chi connectivity index (χ1v) is 9.47. The lowest BCUT2D eigenvalue weighted by Gasteiger charge is -2.34. The summed E-state index contributed by atoms with van der Waals surface area (Å²) in [6.07, 6.45) is 5.95. The van der Waals surface area contributed by atoms with Gasteiger partial charge in [0, 0.05) is 32.1 Å². The molecule has 2 saturated heterocycles. The van der Waals surface area contributed by atoms with E-state index in [9.17, 15) is 14.0 Å². The lowest BCUT2D eigenvalue weighted by molar-refractivity contribution is -0.136. The smallest absolute Gasteiger partial charge is 0.255 e. The molecular formula is C19H24ClFN2O2. The maximum atomic E-state index is 13.1. The molecule has 0 unspecified atom stereocenters. The fourth-order valence-corrected chi connectivity index (χ4v) is 3.96. The minimum atomic E-state index is -0.455. The van der Waals surface area contributed by atoms with Gasteiger partial charge in [0.05, 0.1) is 10.6 Å². The molecular weight excluding hydrogens is 343 g/mol. The van der Waals surface area contributed by atoms with Crippen molar-refractivity contribution in [1.29, 1.82) is 0 Å². The van der Waals surface area contributed by atoms with E-state index in [1.54, 1.807) is 4.90 Å². The van der Waals surface area contributed by atoms with Crippen LogP contribution in [0.5, 0.6) is 0 Å². The molecule has 0 bridgehead atoms. The number of nitrogens with zero attached hydrogens (tertiary/aromatic N) is 2. The average molecular weight is 367 g/mol. The Balaban J connectivity index is 1.57. The first-order chi connectivity index (χ1) is 12.1. The van der Waals surface area contributed by atoms with Gasteiger partial charge in [-0.25, -0.2) is 4.39 Å². The molecule has 1 aromatic carbocycles. The van der Waals surface area contributed by atoms with Crippen LogP contribution in [0.2, 0.25) is 5.02 Å². The highest BCUT2D eigenvalue weighted by atomic mass is 35.5. The summed E-state index contributed by atoms with van der Waals surface area (Å²) in [7, 11) is 0. The Morgan fingerprint density at radius 1 is 0.960 bits per heavy atom. The molecule has 2 heterocycles. The summed E-state index contributed by atoms with van der Waals surface area (Å²) in [6, 6.07) is 3.83. The SMILES string of the molecule is O=C(c1ccc(F)cc1Cl)N1CCC(C(=O)N2CCCCCC2)CC1. The van der Waals surface area contributed by atoms with Gasteiger partial charge in [-0.15, -0.1) is 0 Å². The molecule has 1 aromatic rings. The van der Waals surface area contributed by atoms with Crippen LogP contribution < -0.4 is 0 Å². The molecule has 0 aromatic heterocycles. The van der Waals surface area contributed by atoms with Crippen molar-refractivity contribution < 1.29 is 14.0 Å². The van der Waals surface area contributed by atoms with E-state index in [2.05, 4.69) is 0 Å². The number of benzene rings is 1. The quantitative estimate of drug-likeness (QED) is 0.800. The zero-order valence-electron chi connectivity index (χ0n) is 14.3. The first kappa shape index (κ1) is 18.2. The number of carbonyl (C=O) groups excluding carboxylic acids is 2. The van der Waals surface area contributed by atoms with Gasteiger partial charge in [0.25, 0.3) is 5.91 Å². The normalized spacial score (nSPS) is 19.6. The van der Waals surface area contributed by atoms with E-state index in [-0.39, 0.29) is 22.8 Å². The molecule has 2 fully saturated rings. The lowest BCUT2D eigenvalue weighted by atomic mass is 9.94. The average Bonchev–Trinajstić information content (AvgIpc) is 2.90. The Kier molecular flexibility index (Phi) is 5.94. The van der Waals surface area contributed by atoms with E-state index in [4.69, 9.17) is 11.6 Å². The van der Waals surface area contributed by atoms with Crippen LogP contribution in [0.3, 0.4) is 0 Å². The Morgan fingerprint density at radius 2 is 1.60 bits per heavy atom. The molecule has 0 aliphatic carbocycles. The van der Waals surface area contributed by atoms with E-state index in [1.165, 1.54) is 25.0 Å². The van der Waals surface area contributed by atoms with Gasteiger partial charge in [-0.05, 0) is 43.9 Å². The number of hydrogen-bond donors (Lipinski definition) is 0. The third kappa shape index (κ3) is 4.32. The predicted molar refractivity (Wildman–Crippen MR) is 95.1 cm³/mol. The summed E-state index contributed by atoms with van der Waals surface area (Å²) >= 11 is 5.99. The van der Waals surface area contributed by atoms with Crippen molar-refractivity contribution in [1.82, 2.24) is 9.80 Å². The number of hydrogen-bond acceptors (Lipinski definition) is 2. The van der Waals surface area contributed by atoms with Crippen molar-refractivity contribution in [3.05, 3.63) is 34.6 Å². The maximum Gasteiger partial charge on any atom is 0.255 e. The van der Waals surface area contributed by atoms with Gasteiger partial charge in [-0.3, -0.25) is 9.59 Å². The number of piperidine rings is 1. The van der Waals surface area contributed by atoms with Crippen LogP contribution in [0.4, 0.5) is 4.39 Å². The van der Waals surface area contributed by atoms with E-state index in [0.717, 1.165) is 32.0 Å². The monoisotopic (exact) mass is 366 g/mol. The van der Waals surface area contributed by atoms with Crippen LogP contribution >= 0.6 is 11.6 Å². The minimum Gasteiger partial charge on any atom is -0.342 e. The molecule has 0 spiro atoms. The number of likely N-dealkylation sites (tertiary alicyclic amines) is 2. The highest BCUT2D eigenvalue weighted by Crippen LogP contribution is 2.25. The molecule has 3 rings (SSSR count). The Morgan fingerprint density at radius 3 is 2.20 bits per heavy atom. The molecule has 4 nitrogen and oxygen atoms in total. The molecule has 2 amide bonds.